The van der Waals surface area contributed by atoms with E-state index in [0.29, 0.717) is 31.5 Å². The lowest BCUT2D eigenvalue weighted by molar-refractivity contribution is -0.132. The largest absolute Gasteiger partial charge is 0.341 e. The summed E-state index contributed by atoms with van der Waals surface area (Å²) in [6, 6.07) is 10.6. The summed E-state index contributed by atoms with van der Waals surface area (Å²) in [4.78, 5) is 14.9. The van der Waals surface area contributed by atoms with Gasteiger partial charge in [0.2, 0.25) is 15.9 Å². The van der Waals surface area contributed by atoms with Crippen molar-refractivity contribution in [2.45, 2.75) is 37.6 Å². The third-order valence-electron chi connectivity index (χ3n) is 6.06. The molecule has 0 unspecified atom stereocenters. The molecule has 2 fully saturated rings. The summed E-state index contributed by atoms with van der Waals surface area (Å²) in [5.74, 6) is -1.63. The molecule has 0 bridgehead atoms. The molecule has 2 aliphatic rings. The van der Waals surface area contributed by atoms with E-state index in [1.807, 2.05) is 12.1 Å². The van der Waals surface area contributed by atoms with Crippen LogP contribution in [0, 0.1) is 17.6 Å². The first-order chi connectivity index (χ1) is 14.7. The van der Waals surface area contributed by atoms with Gasteiger partial charge in [-0.3, -0.25) is 4.79 Å². The number of carbonyl (C=O) groups is 1. The van der Waals surface area contributed by atoms with Gasteiger partial charge in [0.15, 0.2) is 0 Å². The van der Waals surface area contributed by atoms with Crippen LogP contribution in [-0.2, 0) is 14.8 Å². The van der Waals surface area contributed by atoms with Crippen LogP contribution in [0.15, 0.2) is 42.5 Å². The minimum Gasteiger partial charge on any atom is -0.341 e. The molecule has 0 aromatic heterocycles. The third kappa shape index (κ3) is 4.96. The summed E-state index contributed by atoms with van der Waals surface area (Å²) >= 11 is 0. The first-order valence-electron chi connectivity index (χ1n) is 10.5. The topological polar surface area (TPSA) is 66.5 Å². The lowest BCUT2D eigenvalue weighted by Crippen LogP contribution is -2.44. The lowest BCUT2D eigenvalue weighted by atomic mass is 9.95. The van der Waals surface area contributed by atoms with Crippen LogP contribution in [0.4, 0.5) is 8.78 Å². The predicted octanol–water partition coefficient (Wildman–Crippen LogP) is 3.67. The summed E-state index contributed by atoms with van der Waals surface area (Å²) in [6.07, 6.45) is 4.11. The second-order valence-corrected chi connectivity index (χ2v) is 10.3. The van der Waals surface area contributed by atoms with Crippen LogP contribution >= 0.6 is 0 Å². The van der Waals surface area contributed by atoms with E-state index in [-0.39, 0.29) is 29.3 Å². The number of hydrogen-bond acceptors (Lipinski definition) is 3. The van der Waals surface area contributed by atoms with Gasteiger partial charge < -0.3 is 4.90 Å². The Morgan fingerprint density at radius 1 is 1.06 bits per heavy atom. The Balaban J connectivity index is 1.53. The van der Waals surface area contributed by atoms with Crippen molar-refractivity contribution in [1.82, 2.24) is 9.62 Å². The van der Waals surface area contributed by atoms with E-state index in [2.05, 4.69) is 4.72 Å². The standard InChI is InChI=1S/C23H26F2N2O3S/c1-31(29,30)26-15-7-4-5-12-27(14-15)23(28)19-13-18(19)16-8-2-3-9-17(16)22-20(24)10-6-11-21(22)25/h2-3,6,8-11,15,18-19,26H,4-5,7,12-14H2,1H3/t15-,18-,19+/m1/s1. The van der Waals surface area contributed by atoms with Gasteiger partial charge in [-0.25, -0.2) is 21.9 Å². The minimum atomic E-state index is -3.35. The predicted molar refractivity (Wildman–Crippen MR) is 115 cm³/mol. The van der Waals surface area contributed by atoms with Crippen molar-refractivity contribution in [2.24, 2.45) is 5.92 Å². The third-order valence-corrected chi connectivity index (χ3v) is 6.83. The van der Waals surface area contributed by atoms with Crippen molar-refractivity contribution in [1.29, 1.82) is 0 Å². The fourth-order valence-electron chi connectivity index (χ4n) is 4.59. The zero-order valence-electron chi connectivity index (χ0n) is 17.4. The first-order valence-corrected chi connectivity index (χ1v) is 12.4. The van der Waals surface area contributed by atoms with E-state index in [0.717, 1.165) is 24.7 Å². The van der Waals surface area contributed by atoms with Gasteiger partial charge in [0.05, 0.1) is 11.8 Å². The number of rotatable bonds is 5. The fourth-order valence-corrected chi connectivity index (χ4v) is 5.39. The molecule has 31 heavy (non-hydrogen) atoms. The smallest absolute Gasteiger partial charge is 0.226 e. The summed E-state index contributed by atoms with van der Waals surface area (Å²) in [6.45, 7) is 0.937. The van der Waals surface area contributed by atoms with Crippen LogP contribution < -0.4 is 4.72 Å². The lowest BCUT2D eigenvalue weighted by Gasteiger charge is -2.25. The Kier molecular flexibility index (Phi) is 6.12. The Bertz CT molecular complexity index is 1070. The van der Waals surface area contributed by atoms with Gasteiger partial charge >= 0.3 is 0 Å². The normalized spacial score (nSPS) is 24.0. The number of amides is 1. The van der Waals surface area contributed by atoms with Crippen molar-refractivity contribution >= 4 is 15.9 Å². The molecule has 1 saturated heterocycles. The minimum absolute atomic E-state index is 0.0176. The molecular formula is C23H26F2N2O3S. The van der Waals surface area contributed by atoms with Gasteiger partial charge in [0.1, 0.15) is 11.6 Å². The van der Waals surface area contributed by atoms with Crippen LogP contribution in [-0.4, -0.2) is 44.6 Å². The summed E-state index contributed by atoms with van der Waals surface area (Å²) in [5, 5.41) is 0. The molecule has 0 spiro atoms. The average Bonchev–Trinajstić information content (AvgIpc) is 3.51. The number of nitrogens with zero attached hydrogens (tertiary/aromatic N) is 1. The molecule has 1 saturated carbocycles. The Morgan fingerprint density at radius 2 is 1.77 bits per heavy atom. The molecule has 5 nitrogen and oxygen atoms in total. The molecule has 2 aromatic carbocycles. The van der Waals surface area contributed by atoms with E-state index in [1.165, 1.54) is 18.2 Å². The van der Waals surface area contributed by atoms with Crippen LogP contribution in [0.3, 0.4) is 0 Å². The SMILES string of the molecule is CS(=O)(=O)N[C@@H]1CCCCN(C(=O)[C@H]2C[C@@H]2c2ccccc2-c2c(F)cccc2F)C1. The monoisotopic (exact) mass is 448 g/mol. The fraction of sp³-hybridized carbons (Fsp3) is 0.435. The van der Waals surface area contributed by atoms with Crippen molar-refractivity contribution in [3.63, 3.8) is 0 Å². The maximum Gasteiger partial charge on any atom is 0.226 e. The van der Waals surface area contributed by atoms with E-state index in [1.54, 1.807) is 17.0 Å². The zero-order valence-corrected chi connectivity index (χ0v) is 18.2. The number of hydrogen-bond donors (Lipinski definition) is 1. The van der Waals surface area contributed by atoms with Crippen molar-refractivity contribution in [2.75, 3.05) is 19.3 Å². The van der Waals surface area contributed by atoms with Crippen LogP contribution in [0.25, 0.3) is 11.1 Å². The molecule has 3 atom stereocenters. The molecule has 0 radical (unpaired) electrons. The van der Waals surface area contributed by atoms with Crippen molar-refractivity contribution < 1.29 is 22.0 Å². The van der Waals surface area contributed by atoms with Gasteiger partial charge in [-0.15, -0.1) is 0 Å². The van der Waals surface area contributed by atoms with Gasteiger partial charge in [0.25, 0.3) is 0 Å². The second kappa shape index (κ2) is 8.67. The average molecular weight is 449 g/mol. The Hall–Kier alpha value is -2.32. The molecule has 1 heterocycles. The highest BCUT2D eigenvalue weighted by molar-refractivity contribution is 7.88. The number of halogens is 2. The Morgan fingerprint density at radius 3 is 2.48 bits per heavy atom. The number of nitrogens with one attached hydrogen (secondary N) is 1. The number of likely N-dealkylation sites (tertiary alicyclic amines) is 1. The zero-order chi connectivity index (χ0) is 22.2. The second-order valence-electron chi connectivity index (χ2n) is 8.50. The molecule has 166 valence electrons. The van der Waals surface area contributed by atoms with Crippen molar-refractivity contribution in [3.05, 3.63) is 59.7 Å². The highest BCUT2D eigenvalue weighted by Crippen LogP contribution is 2.51. The molecule has 1 aliphatic heterocycles. The van der Waals surface area contributed by atoms with Crippen LogP contribution in [0.5, 0.6) is 0 Å². The summed E-state index contributed by atoms with van der Waals surface area (Å²) in [7, 11) is -3.35. The number of carbonyl (C=O) groups excluding carboxylic acids is 1. The molecule has 1 aliphatic carbocycles. The van der Waals surface area contributed by atoms with Gasteiger partial charge in [-0.1, -0.05) is 36.8 Å². The molecule has 4 rings (SSSR count). The van der Waals surface area contributed by atoms with Crippen LogP contribution in [0.2, 0.25) is 0 Å². The van der Waals surface area contributed by atoms with E-state index in [4.69, 9.17) is 0 Å². The van der Waals surface area contributed by atoms with Crippen molar-refractivity contribution in [3.8, 4) is 11.1 Å². The molecular weight excluding hydrogens is 422 g/mol. The highest BCUT2D eigenvalue weighted by Gasteiger charge is 2.47. The van der Waals surface area contributed by atoms with Gasteiger partial charge in [-0.05, 0) is 48.4 Å². The van der Waals surface area contributed by atoms with Gasteiger partial charge in [-0.2, -0.15) is 0 Å². The molecule has 1 amide bonds. The number of benzene rings is 2. The maximum absolute atomic E-state index is 14.4. The maximum atomic E-state index is 14.4. The van der Waals surface area contributed by atoms with Gasteiger partial charge in [0, 0.05) is 25.0 Å². The highest BCUT2D eigenvalue weighted by atomic mass is 32.2. The quantitative estimate of drug-likeness (QED) is 0.759. The molecule has 8 heteroatoms. The summed E-state index contributed by atoms with van der Waals surface area (Å²) in [5.41, 5.74) is 1.18. The summed E-state index contributed by atoms with van der Waals surface area (Å²) < 4.78 is 54.7. The Labute approximate surface area is 181 Å². The van der Waals surface area contributed by atoms with E-state index >= 15 is 0 Å². The number of sulfonamides is 1. The molecule has 2 aromatic rings. The van der Waals surface area contributed by atoms with E-state index < -0.39 is 21.7 Å². The van der Waals surface area contributed by atoms with E-state index in [9.17, 15) is 22.0 Å². The molecule has 1 N–H and O–H groups in total. The van der Waals surface area contributed by atoms with Crippen LogP contribution in [0.1, 0.15) is 37.2 Å². The first kappa shape index (κ1) is 21.9.